The predicted octanol–water partition coefficient (Wildman–Crippen LogP) is 2.09. The maximum Gasteiger partial charge on any atom is 0.243 e. The van der Waals surface area contributed by atoms with Gasteiger partial charge in [-0.15, -0.1) is 0 Å². The number of nitrogens with zero attached hydrogens (tertiary/aromatic N) is 2. The van der Waals surface area contributed by atoms with Crippen molar-refractivity contribution in [2.45, 2.75) is 38.0 Å². The quantitative estimate of drug-likeness (QED) is 0.197. The molecule has 1 fully saturated rings. The topological polar surface area (TPSA) is 136 Å². The standard InChI is InChI=1S/C29H35N7O2/c30-28(31)23-11-9-21(10-12-23)18-33-27(25-8-4-5-15-32-25)29(38)34-19-26(37)35-24-13-16-36(17-14-24)20-22-6-2-1-3-7-22/h1-12,15,24,27,33H,13-14,16-20H2,(H3,30,31)(H,34,38)(H,35,37). The second kappa shape index (κ2) is 13.5. The molecule has 1 aliphatic heterocycles. The van der Waals surface area contributed by atoms with Crippen LogP contribution in [-0.2, 0) is 22.7 Å². The largest absolute Gasteiger partial charge is 0.384 e. The first-order valence-corrected chi connectivity index (χ1v) is 12.9. The molecule has 2 amide bonds. The van der Waals surface area contributed by atoms with Crippen LogP contribution < -0.4 is 21.7 Å². The maximum absolute atomic E-state index is 13.1. The SMILES string of the molecule is N=C(N)c1ccc(CNC(C(=O)NCC(=O)NC2CCN(Cc3ccccc3)CC2)c2ccccn2)cc1. The highest BCUT2D eigenvalue weighted by Crippen LogP contribution is 2.14. The zero-order valence-corrected chi connectivity index (χ0v) is 21.4. The molecule has 0 radical (unpaired) electrons. The minimum atomic E-state index is -0.724. The molecule has 0 saturated carbocycles. The molecule has 4 rings (SSSR count). The van der Waals surface area contributed by atoms with Crippen molar-refractivity contribution in [1.82, 2.24) is 25.8 Å². The number of amides is 2. The van der Waals surface area contributed by atoms with Gasteiger partial charge < -0.3 is 16.4 Å². The number of amidine groups is 1. The van der Waals surface area contributed by atoms with E-state index in [1.54, 1.807) is 30.5 Å². The number of aromatic nitrogens is 1. The molecule has 2 aromatic carbocycles. The first kappa shape index (κ1) is 27.0. The van der Waals surface area contributed by atoms with Crippen LogP contribution in [0.3, 0.4) is 0 Å². The molecule has 1 aromatic heterocycles. The first-order valence-electron chi connectivity index (χ1n) is 12.9. The second-order valence-corrected chi connectivity index (χ2v) is 9.50. The normalized spacial score (nSPS) is 14.9. The van der Waals surface area contributed by atoms with Gasteiger partial charge in [0, 0.05) is 44.0 Å². The molecule has 6 N–H and O–H groups in total. The molecule has 38 heavy (non-hydrogen) atoms. The molecule has 1 unspecified atom stereocenters. The summed E-state index contributed by atoms with van der Waals surface area (Å²) in [7, 11) is 0. The average molecular weight is 514 g/mol. The fourth-order valence-corrected chi connectivity index (χ4v) is 4.53. The number of piperidine rings is 1. The van der Waals surface area contributed by atoms with Gasteiger partial charge in [-0.25, -0.2) is 0 Å². The Hall–Kier alpha value is -4.08. The molecule has 1 aliphatic rings. The second-order valence-electron chi connectivity index (χ2n) is 9.50. The van der Waals surface area contributed by atoms with Gasteiger partial charge in [-0.05, 0) is 36.1 Å². The summed E-state index contributed by atoms with van der Waals surface area (Å²) in [6.45, 7) is 3.07. The van der Waals surface area contributed by atoms with Crippen molar-refractivity contribution in [3.8, 4) is 0 Å². The Labute approximate surface area is 223 Å². The van der Waals surface area contributed by atoms with Crippen molar-refractivity contribution >= 4 is 17.6 Å². The van der Waals surface area contributed by atoms with Crippen LogP contribution in [0.5, 0.6) is 0 Å². The molecule has 0 bridgehead atoms. The number of benzene rings is 2. The summed E-state index contributed by atoms with van der Waals surface area (Å²) in [5.74, 6) is -0.511. The van der Waals surface area contributed by atoms with Gasteiger partial charge in [0.05, 0.1) is 12.2 Å². The van der Waals surface area contributed by atoms with Gasteiger partial charge in [-0.1, -0.05) is 60.7 Å². The molecule has 3 aromatic rings. The Kier molecular flexibility index (Phi) is 9.55. The molecule has 198 valence electrons. The van der Waals surface area contributed by atoms with Gasteiger partial charge in [-0.3, -0.25) is 30.2 Å². The highest BCUT2D eigenvalue weighted by molar-refractivity contribution is 5.94. The summed E-state index contributed by atoms with van der Waals surface area (Å²) < 4.78 is 0. The lowest BCUT2D eigenvalue weighted by molar-refractivity contribution is -0.128. The van der Waals surface area contributed by atoms with E-state index >= 15 is 0 Å². The number of nitrogen functional groups attached to an aromatic ring is 1. The fraction of sp³-hybridized carbons (Fsp3) is 0.310. The van der Waals surface area contributed by atoms with Gasteiger partial charge >= 0.3 is 0 Å². The van der Waals surface area contributed by atoms with Crippen molar-refractivity contribution in [1.29, 1.82) is 5.41 Å². The van der Waals surface area contributed by atoms with Crippen molar-refractivity contribution in [2.75, 3.05) is 19.6 Å². The van der Waals surface area contributed by atoms with Crippen molar-refractivity contribution in [2.24, 2.45) is 5.73 Å². The average Bonchev–Trinajstić information content (AvgIpc) is 2.94. The Morgan fingerprint density at radius 2 is 1.68 bits per heavy atom. The number of likely N-dealkylation sites (tertiary alicyclic amines) is 1. The van der Waals surface area contributed by atoms with Crippen molar-refractivity contribution < 1.29 is 9.59 Å². The number of nitrogens with one attached hydrogen (secondary N) is 4. The lowest BCUT2D eigenvalue weighted by atomic mass is 10.0. The number of pyridine rings is 1. The number of hydrogen-bond donors (Lipinski definition) is 5. The Balaban J connectivity index is 1.25. The summed E-state index contributed by atoms with van der Waals surface area (Å²) in [6, 6.07) is 22.4. The summed E-state index contributed by atoms with van der Waals surface area (Å²) in [5, 5.41) is 16.6. The minimum absolute atomic E-state index is 0.00580. The minimum Gasteiger partial charge on any atom is -0.384 e. The van der Waals surface area contributed by atoms with Crippen LogP contribution >= 0.6 is 0 Å². The van der Waals surface area contributed by atoms with E-state index in [2.05, 4.69) is 50.1 Å². The highest BCUT2D eigenvalue weighted by atomic mass is 16.2. The monoisotopic (exact) mass is 513 g/mol. The Morgan fingerprint density at radius 1 is 0.974 bits per heavy atom. The fourth-order valence-electron chi connectivity index (χ4n) is 4.53. The van der Waals surface area contributed by atoms with Crippen LogP contribution in [-0.4, -0.2) is 53.2 Å². The van der Waals surface area contributed by atoms with E-state index in [9.17, 15) is 9.59 Å². The number of carbonyl (C=O) groups is 2. The molecule has 0 aliphatic carbocycles. The maximum atomic E-state index is 13.1. The first-order chi connectivity index (χ1) is 18.5. The summed E-state index contributed by atoms with van der Waals surface area (Å²) in [5.41, 5.74) is 8.95. The zero-order chi connectivity index (χ0) is 26.7. The van der Waals surface area contributed by atoms with E-state index in [1.807, 2.05) is 24.3 Å². The van der Waals surface area contributed by atoms with Crippen LogP contribution in [0, 0.1) is 5.41 Å². The van der Waals surface area contributed by atoms with E-state index in [1.165, 1.54) is 5.56 Å². The number of nitrogens with two attached hydrogens (primary N) is 1. The van der Waals surface area contributed by atoms with Gasteiger partial charge in [0.1, 0.15) is 11.9 Å². The smallest absolute Gasteiger partial charge is 0.243 e. The molecule has 9 heteroatoms. The summed E-state index contributed by atoms with van der Waals surface area (Å²) in [4.78, 5) is 32.4. The number of rotatable bonds is 11. The molecule has 2 heterocycles. The van der Waals surface area contributed by atoms with Crippen LogP contribution in [0.25, 0.3) is 0 Å². The Morgan fingerprint density at radius 3 is 2.34 bits per heavy atom. The van der Waals surface area contributed by atoms with Crippen molar-refractivity contribution in [3.05, 3.63) is 101 Å². The third kappa shape index (κ3) is 7.96. The van der Waals surface area contributed by atoms with E-state index in [-0.39, 0.29) is 30.2 Å². The number of carbonyl (C=O) groups excluding carboxylic acids is 2. The van der Waals surface area contributed by atoms with Crippen molar-refractivity contribution in [3.63, 3.8) is 0 Å². The van der Waals surface area contributed by atoms with Crippen LogP contribution in [0.15, 0.2) is 79.0 Å². The zero-order valence-electron chi connectivity index (χ0n) is 21.4. The molecular formula is C29H35N7O2. The molecule has 1 saturated heterocycles. The third-order valence-corrected chi connectivity index (χ3v) is 6.65. The van der Waals surface area contributed by atoms with Gasteiger partial charge in [0.25, 0.3) is 0 Å². The predicted molar refractivity (Wildman–Crippen MR) is 147 cm³/mol. The van der Waals surface area contributed by atoms with E-state index in [0.29, 0.717) is 17.8 Å². The summed E-state index contributed by atoms with van der Waals surface area (Å²) in [6.07, 6.45) is 3.40. The lowest BCUT2D eigenvalue weighted by Crippen LogP contribution is -2.48. The molecular weight excluding hydrogens is 478 g/mol. The number of hydrogen-bond acceptors (Lipinski definition) is 6. The van der Waals surface area contributed by atoms with E-state index in [4.69, 9.17) is 11.1 Å². The van der Waals surface area contributed by atoms with Gasteiger partial charge in [0.2, 0.25) is 11.8 Å². The van der Waals surface area contributed by atoms with Gasteiger partial charge in [0.15, 0.2) is 0 Å². The molecule has 9 nitrogen and oxygen atoms in total. The molecule has 0 spiro atoms. The van der Waals surface area contributed by atoms with Crippen LogP contribution in [0.1, 0.15) is 41.3 Å². The third-order valence-electron chi connectivity index (χ3n) is 6.65. The highest BCUT2D eigenvalue weighted by Gasteiger charge is 2.24. The lowest BCUT2D eigenvalue weighted by Gasteiger charge is -2.32. The summed E-state index contributed by atoms with van der Waals surface area (Å²) >= 11 is 0. The van der Waals surface area contributed by atoms with E-state index in [0.717, 1.165) is 38.0 Å². The van der Waals surface area contributed by atoms with Crippen LogP contribution in [0.4, 0.5) is 0 Å². The van der Waals surface area contributed by atoms with E-state index < -0.39 is 6.04 Å². The molecule has 1 atom stereocenters. The Bertz CT molecular complexity index is 1190. The van der Waals surface area contributed by atoms with Gasteiger partial charge in [-0.2, -0.15) is 0 Å². The van der Waals surface area contributed by atoms with Crippen LogP contribution in [0.2, 0.25) is 0 Å².